The highest BCUT2D eigenvalue weighted by Gasteiger charge is 2.28. The summed E-state index contributed by atoms with van der Waals surface area (Å²) in [5, 5.41) is 3.49. The summed E-state index contributed by atoms with van der Waals surface area (Å²) in [6.45, 7) is 4.39. The molecule has 108 valence electrons. The molecule has 1 amide bonds. The molecule has 0 radical (unpaired) electrons. The maximum Gasteiger partial charge on any atom is 0.236 e. The molecule has 2 aliphatic heterocycles. The predicted molar refractivity (Wildman–Crippen MR) is 79.3 cm³/mol. The minimum absolute atomic E-state index is 0.247. The van der Waals surface area contributed by atoms with Gasteiger partial charge in [-0.15, -0.1) is 0 Å². The van der Waals surface area contributed by atoms with Gasteiger partial charge in [0.2, 0.25) is 5.91 Å². The van der Waals surface area contributed by atoms with E-state index in [0.717, 1.165) is 39.0 Å². The zero-order valence-electron chi connectivity index (χ0n) is 12.1. The van der Waals surface area contributed by atoms with Crippen LogP contribution in [0.25, 0.3) is 0 Å². The number of benzene rings is 1. The van der Waals surface area contributed by atoms with Crippen LogP contribution in [0.4, 0.5) is 0 Å². The second kappa shape index (κ2) is 5.94. The molecule has 0 saturated carbocycles. The Balaban J connectivity index is 1.87. The fourth-order valence-electron chi connectivity index (χ4n) is 3.29. The van der Waals surface area contributed by atoms with Crippen LogP contribution in [0, 0.1) is 0 Å². The molecular formula is C16H23N3O. The number of amides is 1. The van der Waals surface area contributed by atoms with Crippen molar-refractivity contribution in [3.63, 3.8) is 0 Å². The Hall–Kier alpha value is -1.39. The molecule has 0 spiro atoms. The van der Waals surface area contributed by atoms with Crippen LogP contribution in [-0.4, -0.2) is 48.9 Å². The van der Waals surface area contributed by atoms with Crippen LogP contribution in [0.2, 0.25) is 0 Å². The van der Waals surface area contributed by atoms with Gasteiger partial charge in [0.25, 0.3) is 0 Å². The fraction of sp³-hybridized carbons (Fsp3) is 0.562. The molecule has 4 heteroatoms. The van der Waals surface area contributed by atoms with Crippen LogP contribution in [0.1, 0.15) is 30.0 Å². The third-order valence-corrected chi connectivity index (χ3v) is 4.47. The summed E-state index contributed by atoms with van der Waals surface area (Å²) >= 11 is 0. The highest BCUT2D eigenvalue weighted by Crippen LogP contribution is 2.29. The first-order chi connectivity index (χ1) is 9.75. The Morgan fingerprint density at radius 2 is 2.10 bits per heavy atom. The summed E-state index contributed by atoms with van der Waals surface area (Å²) < 4.78 is 0. The zero-order valence-corrected chi connectivity index (χ0v) is 12.1. The summed E-state index contributed by atoms with van der Waals surface area (Å²) in [6, 6.07) is 9.02. The van der Waals surface area contributed by atoms with Crippen LogP contribution in [0.3, 0.4) is 0 Å². The number of nitrogens with one attached hydrogen (secondary N) is 1. The van der Waals surface area contributed by atoms with Gasteiger partial charge < -0.3 is 10.2 Å². The number of likely N-dealkylation sites (N-methyl/N-ethyl adjacent to an activating group) is 1. The first kappa shape index (κ1) is 13.6. The highest BCUT2D eigenvalue weighted by molar-refractivity contribution is 5.78. The largest absolute Gasteiger partial charge is 0.345 e. The van der Waals surface area contributed by atoms with Gasteiger partial charge in [0.15, 0.2) is 0 Å². The van der Waals surface area contributed by atoms with Crippen molar-refractivity contribution < 1.29 is 4.79 Å². The molecule has 3 rings (SSSR count). The molecule has 1 N–H and O–H groups in total. The van der Waals surface area contributed by atoms with E-state index < -0.39 is 0 Å². The maximum absolute atomic E-state index is 12.1. The van der Waals surface area contributed by atoms with E-state index in [1.807, 2.05) is 11.9 Å². The van der Waals surface area contributed by atoms with Crippen molar-refractivity contribution in [3.8, 4) is 0 Å². The maximum atomic E-state index is 12.1. The van der Waals surface area contributed by atoms with Crippen molar-refractivity contribution in [2.24, 2.45) is 0 Å². The molecule has 20 heavy (non-hydrogen) atoms. The van der Waals surface area contributed by atoms with E-state index in [0.29, 0.717) is 12.6 Å². The summed E-state index contributed by atoms with van der Waals surface area (Å²) in [7, 11) is 1.91. The van der Waals surface area contributed by atoms with Crippen LogP contribution in [0.15, 0.2) is 24.3 Å². The van der Waals surface area contributed by atoms with Gasteiger partial charge in [0.05, 0.1) is 6.54 Å². The lowest BCUT2D eigenvalue weighted by Gasteiger charge is -2.30. The normalized spacial score (nSPS) is 24.9. The molecule has 1 fully saturated rings. The molecule has 1 atom stereocenters. The minimum atomic E-state index is 0.247. The van der Waals surface area contributed by atoms with Gasteiger partial charge in [-0.3, -0.25) is 9.69 Å². The van der Waals surface area contributed by atoms with Crippen molar-refractivity contribution in [1.29, 1.82) is 0 Å². The average Bonchev–Trinajstić information content (AvgIpc) is 2.76. The second-order valence-electron chi connectivity index (χ2n) is 5.82. The van der Waals surface area contributed by atoms with E-state index >= 15 is 0 Å². The van der Waals surface area contributed by atoms with E-state index in [-0.39, 0.29) is 5.91 Å². The van der Waals surface area contributed by atoms with Crippen molar-refractivity contribution in [1.82, 2.24) is 15.1 Å². The third-order valence-electron chi connectivity index (χ3n) is 4.47. The van der Waals surface area contributed by atoms with Crippen LogP contribution in [0.5, 0.6) is 0 Å². The Labute approximate surface area is 120 Å². The Morgan fingerprint density at radius 3 is 3.00 bits per heavy atom. The van der Waals surface area contributed by atoms with Gasteiger partial charge in [-0.1, -0.05) is 24.3 Å². The molecule has 1 aromatic carbocycles. The summed E-state index contributed by atoms with van der Waals surface area (Å²) in [6.07, 6.45) is 2.14. The van der Waals surface area contributed by atoms with E-state index in [1.54, 1.807) is 0 Å². The molecule has 0 aliphatic carbocycles. The summed E-state index contributed by atoms with van der Waals surface area (Å²) in [4.78, 5) is 16.4. The van der Waals surface area contributed by atoms with Crippen molar-refractivity contribution in [3.05, 3.63) is 35.4 Å². The van der Waals surface area contributed by atoms with Gasteiger partial charge >= 0.3 is 0 Å². The van der Waals surface area contributed by atoms with E-state index in [9.17, 15) is 4.79 Å². The van der Waals surface area contributed by atoms with Crippen LogP contribution < -0.4 is 5.32 Å². The zero-order chi connectivity index (χ0) is 13.9. The SMILES string of the molecule is CN1CCCN(C2CCNCc3ccccc32)CC1=O. The number of fused-ring (bicyclic) bond motifs is 1. The lowest BCUT2D eigenvalue weighted by atomic mass is 9.97. The first-order valence-electron chi connectivity index (χ1n) is 7.52. The monoisotopic (exact) mass is 273 g/mol. The topological polar surface area (TPSA) is 35.6 Å². The number of carbonyl (C=O) groups is 1. The van der Waals surface area contributed by atoms with E-state index in [2.05, 4.69) is 34.5 Å². The van der Waals surface area contributed by atoms with Gasteiger partial charge in [0, 0.05) is 32.7 Å². The Bertz CT molecular complexity index is 488. The second-order valence-corrected chi connectivity index (χ2v) is 5.82. The lowest BCUT2D eigenvalue weighted by Crippen LogP contribution is -2.37. The lowest BCUT2D eigenvalue weighted by molar-refractivity contribution is -0.130. The molecule has 1 saturated heterocycles. The highest BCUT2D eigenvalue weighted by atomic mass is 16.2. The van der Waals surface area contributed by atoms with Crippen molar-refractivity contribution >= 4 is 5.91 Å². The molecule has 2 aliphatic rings. The quantitative estimate of drug-likeness (QED) is 0.840. The summed E-state index contributed by atoms with van der Waals surface area (Å²) in [5.41, 5.74) is 2.77. The van der Waals surface area contributed by atoms with E-state index in [4.69, 9.17) is 0 Å². The van der Waals surface area contributed by atoms with E-state index in [1.165, 1.54) is 11.1 Å². The fourth-order valence-corrected chi connectivity index (χ4v) is 3.29. The number of carbonyl (C=O) groups excluding carboxylic acids is 1. The predicted octanol–water partition coefficient (Wildman–Crippen LogP) is 1.39. The van der Waals surface area contributed by atoms with Crippen molar-refractivity contribution in [2.75, 3.05) is 33.2 Å². The molecule has 4 nitrogen and oxygen atoms in total. The van der Waals surface area contributed by atoms with Gasteiger partial charge in [0.1, 0.15) is 0 Å². The average molecular weight is 273 g/mol. The van der Waals surface area contributed by atoms with Crippen molar-refractivity contribution in [2.45, 2.75) is 25.4 Å². The van der Waals surface area contributed by atoms with Crippen LogP contribution in [-0.2, 0) is 11.3 Å². The summed E-state index contributed by atoms with van der Waals surface area (Å²) in [5.74, 6) is 0.247. The number of hydrogen-bond donors (Lipinski definition) is 1. The third kappa shape index (κ3) is 2.72. The van der Waals surface area contributed by atoms with Gasteiger partial charge in [-0.25, -0.2) is 0 Å². The molecule has 1 unspecified atom stereocenters. The Morgan fingerprint density at radius 1 is 1.25 bits per heavy atom. The number of nitrogens with zero attached hydrogens (tertiary/aromatic N) is 2. The molecule has 2 heterocycles. The first-order valence-corrected chi connectivity index (χ1v) is 7.52. The molecule has 1 aromatic rings. The van der Waals surface area contributed by atoms with Gasteiger partial charge in [-0.2, -0.15) is 0 Å². The smallest absolute Gasteiger partial charge is 0.236 e. The number of rotatable bonds is 1. The van der Waals surface area contributed by atoms with Gasteiger partial charge in [-0.05, 0) is 30.5 Å². The number of hydrogen-bond acceptors (Lipinski definition) is 3. The molecular weight excluding hydrogens is 250 g/mol. The standard InChI is InChI=1S/C16H23N3O/c1-18-9-4-10-19(12-16(18)20)15-7-8-17-11-13-5-2-3-6-14(13)15/h2-3,5-6,15,17H,4,7-12H2,1H3. The van der Waals surface area contributed by atoms with Crippen LogP contribution >= 0.6 is 0 Å². The Kier molecular flexibility index (Phi) is 4.03. The minimum Gasteiger partial charge on any atom is -0.345 e. The molecule has 0 aromatic heterocycles. The molecule has 0 bridgehead atoms.